The molecule has 0 unspecified atom stereocenters. The topological polar surface area (TPSA) is 61.8 Å². The van der Waals surface area contributed by atoms with Crippen molar-refractivity contribution in [2.45, 2.75) is 32.6 Å². The summed E-state index contributed by atoms with van der Waals surface area (Å²) in [4.78, 5) is 25.0. The standard InChI is InChI=1S/C19H21ClO5/c1-5-13-16(18(21)23-3)15(11-7-9-12(20)10-8-11)17(19(22)24-4)14(6-2)25-13/h7-10,15H,5-6H2,1-4H3. The van der Waals surface area contributed by atoms with Crippen LogP contribution in [-0.4, -0.2) is 26.2 Å². The average Bonchev–Trinajstić information content (AvgIpc) is 2.65. The van der Waals surface area contributed by atoms with E-state index < -0.39 is 17.9 Å². The lowest BCUT2D eigenvalue weighted by Gasteiger charge is -2.30. The van der Waals surface area contributed by atoms with E-state index >= 15 is 0 Å². The van der Waals surface area contributed by atoms with Crippen LogP contribution in [0, 0.1) is 0 Å². The molecule has 5 nitrogen and oxygen atoms in total. The molecule has 0 aromatic heterocycles. The highest BCUT2D eigenvalue weighted by atomic mass is 35.5. The zero-order valence-corrected chi connectivity index (χ0v) is 15.5. The maximum atomic E-state index is 12.5. The fourth-order valence-electron chi connectivity index (χ4n) is 2.92. The second-order valence-electron chi connectivity index (χ2n) is 5.45. The van der Waals surface area contributed by atoms with E-state index in [1.54, 1.807) is 24.3 Å². The molecule has 0 fully saturated rings. The first-order valence-electron chi connectivity index (χ1n) is 8.04. The van der Waals surface area contributed by atoms with Crippen LogP contribution < -0.4 is 0 Å². The number of benzene rings is 1. The molecule has 2 rings (SSSR count). The number of halogens is 1. The van der Waals surface area contributed by atoms with E-state index in [4.69, 9.17) is 25.8 Å². The number of esters is 2. The zero-order valence-electron chi connectivity index (χ0n) is 14.7. The number of ether oxygens (including phenoxy) is 3. The molecule has 1 aliphatic rings. The summed E-state index contributed by atoms with van der Waals surface area (Å²) in [5.74, 6) is -0.704. The summed E-state index contributed by atoms with van der Waals surface area (Å²) < 4.78 is 15.8. The number of allylic oxidation sites excluding steroid dienone is 2. The molecule has 0 aliphatic carbocycles. The van der Waals surface area contributed by atoms with Gasteiger partial charge >= 0.3 is 11.9 Å². The van der Waals surface area contributed by atoms with Crippen LogP contribution in [0.3, 0.4) is 0 Å². The molecule has 25 heavy (non-hydrogen) atoms. The van der Waals surface area contributed by atoms with Crippen molar-refractivity contribution in [3.05, 3.63) is 57.5 Å². The Bertz CT molecular complexity index is 691. The van der Waals surface area contributed by atoms with Crippen LogP contribution in [-0.2, 0) is 23.8 Å². The van der Waals surface area contributed by atoms with E-state index in [0.717, 1.165) is 5.56 Å². The summed E-state index contributed by atoms with van der Waals surface area (Å²) in [6.07, 6.45) is 0.985. The highest BCUT2D eigenvalue weighted by Gasteiger charge is 2.40. The van der Waals surface area contributed by atoms with Gasteiger partial charge in [0.05, 0.1) is 31.3 Å². The minimum absolute atomic E-state index is 0.310. The number of carbonyl (C=O) groups excluding carboxylic acids is 2. The van der Waals surface area contributed by atoms with Crippen molar-refractivity contribution in [2.24, 2.45) is 0 Å². The quantitative estimate of drug-likeness (QED) is 0.735. The lowest BCUT2D eigenvalue weighted by atomic mass is 9.81. The van der Waals surface area contributed by atoms with E-state index in [0.29, 0.717) is 40.5 Å². The van der Waals surface area contributed by atoms with Crippen LogP contribution in [0.2, 0.25) is 5.02 Å². The molecule has 0 spiro atoms. The highest BCUT2D eigenvalue weighted by molar-refractivity contribution is 6.30. The molecule has 1 aromatic carbocycles. The maximum absolute atomic E-state index is 12.5. The number of methoxy groups -OCH3 is 2. The Morgan fingerprint density at radius 1 is 0.960 bits per heavy atom. The van der Waals surface area contributed by atoms with Crippen LogP contribution in [0.25, 0.3) is 0 Å². The number of rotatable bonds is 5. The van der Waals surface area contributed by atoms with Gasteiger partial charge in [0, 0.05) is 17.9 Å². The van der Waals surface area contributed by atoms with E-state index in [2.05, 4.69) is 0 Å². The summed E-state index contributed by atoms with van der Waals surface area (Å²) >= 11 is 5.98. The molecule has 0 saturated carbocycles. The van der Waals surface area contributed by atoms with Crippen molar-refractivity contribution in [3.63, 3.8) is 0 Å². The Morgan fingerprint density at radius 3 is 1.76 bits per heavy atom. The molecule has 0 bridgehead atoms. The summed E-state index contributed by atoms with van der Waals surface area (Å²) in [7, 11) is 2.61. The molecular formula is C19H21ClO5. The summed E-state index contributed by atoms with van der Waals surface area (Å²) in [5, 5.41) is 0.564. The van der Waals surface area contributed by atoms with Crippen LogP contribution in [0.15, 0.2) is 46.9 Å². The first kappa shape index (κ1) is 19.1. The third-order valence-electron chi connectivity index (χ3n) is 4.08. The van der Waals surface area contributed by atoms with Crippen molar-refractivity contribution in [1.29, 1.82) is 0 Å². The van der Waals surface area contributed by atoms with Crippen LogP contribution in [0.5, 0.6) is 0 Å². The lowest BCUT2D eigenvalue weighted by molar-refractivity contribution is -0.137. The average molecular weight is 365 g/mol. The van der Waals surface area contributed by atoms with Gasteiger partial charge in [-0.05, 0) is 17.7 Å². The van der Waals surface area contributed by atoms with Gasteiger partial charge in [-0.1, -0.05) is 37.6 Å². The van der Waals surface area contributed by atoms with Crippen LogP contribution in [0.4, 0.5) is 0 Å². The van der Waals surface area contributed by atoms with Gasteiger partial charge in [-0.15, -0.1) is 0 Å². The summed E-state index contributed by atoms with van der Waals surface area (Å²) in [5.41, 5.74) is 1.36. The Labute approximate surface area is 152 Å². The Balaban J connectivity index is 2.74. The summed E-state index contributed by atoms with van der Waals surface area (Å²) in [6, 6.07) is 7.00. The van der Waals surface area contributed by atoms with Crippen molar-refractivity contribution < 1.29 is 23.8 Å². The monoisotopic (exact) mass is 364 g/mol. The maximum Gasteiger partial charge on any atom is 0.338 e. The van der Waals surface area contributed by atoms with Crippen molar-refractivity contribution in [1.82, 2.24) is 0 Å². The van der Waals surface area contributed by atoms with E-state index in [1.165, 1.54) is 14.2 Å². The van der Waals surface area contributed by atoms with E-state index in [1.807, 2.05) is 13.8 Å². The normalized spacial score (nSPS) is 15.1. The zero-order chi connectivity index (χ0) is 18.6. The largest absolute Gasteiger partial charge is 0.466 e. The van der Waals surface area contributed by atoms with Gasteiger partial charge in [-0.3, -0.25) is 0 Å². The fourth-order valence-corrected chi connectivity index (χ4v) is 3.05. The number of carbonyl (C=O) groups is 2. The predicted octanol–water partition coefficient (Wildman–Crippen LogP) is 4.13. The third kappa shape index (κ3) is 3.71. The van der Waals surface area contributed by atoms with Crippen LogP contribution in [0.1, 0.15) is 38.2 Å². The van der Waals surface area contributed by atoms with Crippen LogP contribution >= 0.6 is 11.6 Å². The van der Waals surface area contributed by atoms with Gasteiger partial charge in [0.1, 0.15) is 11.5 Å². The lowest BCUT2D eigenvalue weighted by Crippen LogP contribution is -2.27. The van der Waals surface area contributed by atoms with E-state index in [-0.39, 0.29) is 0 Å². The fraction of sp³-hybridized carbons (Fsp3) is 0.368. The predicted molar refractivity (Wildman–Crippen MR) is 93.9 cm³/mol. The first-order valence-corrected chi connectivity index (χ1v) is 8.42. The van der Waals surface area contributed by atoms with Gasteiger partial charge in [0.15, 0.2) is 0 Å². The molecule has 134 valence electrons. The highest BCUT2D eigenvalue weighted by Crippen LogP contribution is 2.43. The van der Waals surface area contributed by atoms with Crippen molar-refractivity contribution in [3.8, 4) is 0 Å². The SMILES string of the molecule is CCC1=C(C(=O)OC)C(c2ccc(Cl)cc2)C(C(=O)OC)=C(CC)O1. The van der Waals surface area contributed by atoms with Gasteiger partial charge in [0.25, 0.3) is 0 Å². The Morgan fingerprint density at radius 2 is 1.40 bits per heavy atom. The molecular weight excluding hydrogens is 344 g/mol. The first-order chi connectivity index (χ1) is 12.0. The van der Waals surface area contributed by atoms with Gasteiger partial charge in [0.2, 0.25) is 0 Å². The van der Waals surface area contributed by atoms with Gasteiger partial charge < -0.3 is 14.2 Å². The molecule has 1 heterocycles. The van der Waals surface area contributed by atoms with Crippen molar-refractivity contribution in [2.75, 3.05) is 14.2 Å². The van der Waals surface area contributed by atoms with Gasteiger partial charge in [-0.2, -0.15) is 0 Å². The minimum Gasteiger partial charge on any atom is -0.466 e. The summed E-state index contributed by atoms with van der Waals surface area (Å²) in [6.45, 7) is 3.77. The van der Waals surface area contributed by atoms with Crippen molar-refractivity contribution >= 4 is 23.5 Å². The van der Waals surface area contributed by atoms with Gasteiger partial charge in [-0.25, -0.2) is 9.59 Å². The second-order valence-corrected chi connectivity index (χ2v) is 5.89. The minimum atomic E-state index is -0.629. The molecule has 1 aliphatic heterocycles. The number of hydrogen-bond acceptors (Lipinski definition) is 5. The molecule has 0 N–H and O–H groups in total. The molecule has 0 amide bonds. The number of hydrogen-bond donors (Lipinski definition) is 0. The molecule has 0 radical (unpaired) electrons. The molecule has 1 aromatic rings. The Hall–Kier alpha value is -2.27. The second kappa shape index (κ2) is 8.21. The molecule has 6 heteroatoms. The molecule has 0 saturated heterocycles. The smallest absolute Gasteiger partial charge is 0.338 e. The molecule has 0 atom stereocenters. The van der Waals surface area contributed by atoms with E-state index in [9.17, 15) is 9.59 Å². The Kier molecular flexibility index (Phi) is 6.26. The third-order valence-corrected chi connectivity index (χ3v) is 4.33.